The second kappa shape index (κ2) is 4.98. The van der Waals surface area contributed by atoms with Crippen LogP contribution in [0.1, 0.15) is 11.4 Å². The van der Waals surface area contributed by atoms with Crippen molar-refractivity contribution in [1.82, 2.24) is 10.2 Å². The number of nitrogens with two attached hydrogens (primary N) is 1. The van der Waals surface area contributed by atoms with Crippen LogP contribution < -0.4 is 10.5 Å². The third-order valence-corrected chi connectivity index (χ3v) is 4.11. The molecule has 0 aliphatic carbocycles. The summed E-state index contributed by atoms with van der Waals surface area (Å²) in [6, 6.07) is 5.52. The van der Waals surface area contributed by atoms with E-state index >= 15 is 0 Å². The number of hydrogen-bond donors (Lipinski definition) is 3. The molecule has 0 radical (unpaired) electrons. The number of H-pyrrole nitrogens is 1. The Labute approximate surface area is 109 Å². The van der Waals surface area contributed by atoms with Crippen molar-refractivity contribution in [3.63, 3.8) is 0 Å². The smallest absolute Gasteiger partial charge is 0.265 e. The lowest BCUT2D eigenvalue weighted by molar-refractivity contribution is 0.597. The number of aryl methyl sites for hydroxylation is 1. The van der Waals surface area contributed by atoms with Crippen LogP contribution >= 0.6 is 0 Å². The first-order chi connectivity index (χ1) is 8.95. The molecule has 102 valence electrons. The van der Waals surface area contributed by atoms with Crippen LogP contribution in [0, 0.1) is 12.7 Å². The summed E-state index contributed by atoms with van der Waals surface area (Å²) in [5.74, 6) is -0.651. The molecule has 6 nitrogen and oxygen atoms in total. The van der Waals surface area contributed by atoms with Gasteiger partial charge in [0.05, 0.1) is 17.1 Å². The number of anilines is 1. The van der Waals surface area contributed by atoms with E-state index in [0.717, 1.165) is 0 Å². The molecule has 0 amide bonds. The lowest BCUT2D eigenvalue weighted by atomic mass is 10.3. The summed E-state index contributed by atoms with van der Waals surface area (Å²) >= 11 is 0. The van der Waals surface area contributed by atoms with Gasteiger partial charge in [-0.05, 0) is 19.1 Å². The summed E-state index contributed by atoms with van der Waals surface area (Å²) in [5, 5.41) is 6.35. The molecule has 0 saturated heterocycles. The van der Waals surface area contributed by atoms with E-state index in [9.17, 15) is 12.8 Å². The molecule has 0 aliphatic rings. The molecule has 1 aromatic heterocycles. The summed E-state index contributed by atoms with van der Waals surface area (Å²) in [6.45, 7) is 1.53. The predicted molar refractivity (Wildman–Crippen MR) is 68.4 cm³/mol. The normalized spacial score (nSPS) is 11.5. The molecular weight excluding hydrogens is 271 g/mol. The lowest BCUT2D eigenvalue weighted by Gasteiger charge is -2.09. The highest BCUT2D eigenvalue weighted by atomic mass is 32.2. The number of rotatable bonds is 4. The molecule has 1 aromatic carbocycles. The fraction of sp³-hybridized carbons (Fsp3) is 0.182. The van der Waals surface area contributed by atoms with Crippen LogP contribution in [0.2, 0.25) is 0 Å². The number of hydrogen-bond acceptors (Lipinski definition) is 4. The number of aromatic nitrogens is 2. The van der Waals surface area contributed by atoms with Gasteiger partial charge in [0.15, 0.2) is 0 Å². The Bertz CT molecular complexity index is 696. The first kappa shape index (κ1) is 13.5. The van der Waals surface area contributed by atoms with Crippen molar-refractivity contribution in [3.05, 3.63) is 41.5 Å². The molecular formula is C11H13FN4O2S. The average Bonchev–Trinajstić information content (AvgIpc) is 2.74. The van der Waals surface area contributed by atoms with Crippen molar-refractivity contribution in [3.8, 4) is 0 Å². The SMILES string of the molecule is Cc1[nH]nc(CN)c1S(=O)(=O)Nc1ccccc1F. The minimum atomic E-state index is -3.93. The van der Waals surface area contributed by atoms with Crippen molar-refractivity contribution >= 4 is 15.7 Å². The summed E-state index contributed by atoms with van der Waals surface area (Å²) in [5.41, 5.74) is 5.88. The molecule has 0 fully saturated rings. The fourth-order valence-corrected chi connectivity index (χ4v) is 3.15. The quantitative estimate of drug-likeness (QED) is 0.783. The van der Waals surface area contributed by atoms with E-state index in [1.54, 1.807) is 6.92 Å². The molecule has 2 rings (SSSR count). The Morgan fingerprint density at radius 3 is 2.74 bits per heavy atom. The van der Waals surface area contributed by atoms with Crippen LogP contribution in [-0.2, 0) is 16.6 Å². The Kier molecular flexibility index (Phi) is 3.54. The zero-order valence-corrected chi connectivity index (χ0v) is 11.0. The van der Waals surface area contributed by atoms with E-state index < -0.39 is 15.8 Å². The van der Waals surface area contributed by atoms with Crippen molar-refractivity contribution in [2.24, 2.45) is 5.73 Å². The first-order valence-electron chi connectivity index (χ1n) is 5.47. The van der Waals surface area contributed by atoms with Gasteiger partial charge in [-0.3, -0.25) is 9.82 Å². The van der Waals surface area contributed by atoms with Crippen molar-refractivity contribution in [1.29, 1.82) is 0 Å². The number of benzene rings is 1. The molecule has 0 spiro atoms. The minimum absolute atomic E-state index is 0.0299. The third-order valence-electron chi connectivity index (χ3n) is 2.54. The van der Waals surface area contributed by atoms with Crippen molar-refractivity contribution in [2.75, 3.05) is 4.72 Å². The Morgan fingerprint density at radius 2 is 2.11 bits per heavy atom. The van der Waals surface area contributed by atoms with E-state index in [1.807, 2.05) is 0 Å². The monoisotopic (exact) mass is 284 g/mol. The number of aromatic amines is 1. The van der Waals surface area contributed by atoms with E-state index in [4.69, 9.17) is 5.73 Å². The highest BCUT2D eigenvalue weighted by Gasteiger charge is 2.24. The summed E-state index contributed by atoms with van der Waals surface area (Å²) < 4.78 is 40.1. The molecule has 0 atom stereocenters. The molecule has 1 heterocycles. The maximum atomic E-state index is 13.5. The van der Waals surface area contributed by atoms with E-state index in [-0.39, 0.29) is 22.8 Å². The van der Waals surface area contributed by atoms with Gasteiger partial charge in [0.25, 0.3) is 10.0 Å². The Hall–Kier alpha value is -1.93. The van der Waals surface area contributed by atoms with Crippen LogP contribution in [0.25, 0.3) is 0 Å². The highest BCUT2D eigenvalue weighted by molar-refractivity contribution is 7.92. The summed E-state index contributed by atoms with van der Waals surface area (Å²) in [7, 11) is -3.93. The van der Waals surface area contributed by atoms with Gasteiger partial charge in [-0.1, -0.05) is 12.1 Å². The number of sulfonamides is 1. The second-order valence-electron chi connectivity index (χ2n) is 3.91. The van der Waals surface area contributed by atoms with Gasteiger partial charge in [0.2, 0.25) is 0 Å². The molecule has 2 aromatic rings. The Balaban J connectivity index is 2.44. The van der Waals surface area contributed by atoms with Gasteiger partial charge in [-0.15, -0.1) is 0 Å². The highest BCUT2D eigenvalue weighted by Crippen LogP contribution is 2.22. The minimum Gasteiger partial charge on any atom is -0.325 e. The van der Waals surface area contributed by atoms with Crippen LogP contribution in [0.4, 0.5) is 10.1 Å². The number of halogens is 1. The molecule has 0 bridgehead atoms. The van der Waals surface area contributed by atoms with Gasteiger partial charge in [0.1, 0.15) is 10.7 Å². The van der Waals surface area contributed by atoms with E-state index in [0.29, 0.717) is 5.69 Å². The summed E-state index contributed by atoms with van der Waals surface area (Å²) in [6.07, 6.45) is 0. The lowest BCUT2D eigenvalue weighted by Crippen LogP contribution is -2.17. The van der Waals surface area contributed by atoms with E-state index in [2.05, 4.69) is 14.9 Å². The van der Waals surface area contributed by atoms with Crippen LogP contribution in [-0.4, -0.2) is 18.6 Å². The standard InChI is InChI=1S/C11H13FN4O2S/c1-7-11(10(6-13)15-14-7)19(17,18)16-9-5-3-2-4-8(9)12/h2-5,16H,6,13H2,1H3,(H,14,15). The topological polar surface area (TPSA) is 101 Å². The van der Waals surface area contributed by atoms with Crippen molar-refractivity contribution < 1.29 is 12.8 Å². The maximum absolute atomic E-state index is 13.5. The summed E-state index contributed by atoms with van der Waals surface area (Å²) in [4.78, 5) is -0.0433. The largest absolute Gasteiger partial charge is 0.325 e. The van der Waals surface area contributed by atoms with E-state index in [1.165, 1.54) is 24.3 Å². The molecule has 4 N–H and O–H groups in total. The molecule has 0 unspecified atom stereocenters. The van der Waals surface area contributed by atoms with Crippen LogP contribution in [0.5, 0.6) is 0 Å². The van der Waals surface area contributed by atoms with Gasteiger partial charge >= 0.3 is 0 Å². The zero-order valence-electron chi connectivity index (χ0n) is 10.1. The molecule has 0 saturated carbocycles. The van der Waals surface area contributed by atoms with Gasteiger partial charge in [-0.2, -0.15) is 5.10 Å². The maximum Gasteiger partial charge on any atom is 0.265 e. The number of para-hydroxylation sites is 1. The predicted octanol–water partition coefficient (Wildman–Crippen LogP) is 1.12. The second-order valence-corrected chi connectivity index (χ2v) is 5.53. The zero-order chi connectivity index (χ0) is 14.0. The van der Waals surface area contributed by atoms with Crippen LogP contribution in [0.3, 0.4) is 0 Å². The van der Waals surface area contributed by atoms with Gasteiger partial charge in [-0.25, -0.2) is 12.8 Å². The van der Waals surface area contributed by atoms with Gasteiger partial charge < -0.3 is 5.73 Å². The molecule has 8 heteroatoms. The van der Waals surface area contributed by atoms with Crippen LogP contribution in [0.15, 0.2) is 29.2 Å². The molecule has 19 heavy (non-hydrogen) atoms. The first-order valence-corrected chi connectivity index (χ1v) is 6.95. The average molecular weight is 284 g/mol. The van der Waals surface area contributed by atoms with Crippen molar-refractivity contribution in [2.45, 2.75) is 18.4 Å². The number of nitrogens with one attached hydrogen (secondary N) is 2. The van der Waals surface area contributed by atoms with Gasteiger partial charge in [0, 0.05) is 6.54 Å². The Morgan fingerprint density at radius 1 is 1.42 bits per heavy atom. The number of nitrogens with zero attached hydrogens (tertiary/aromatic N) is 1. The molecule has 0 aliphatic heterocycles. The fourth-order valence-electron chi connectivity index (χ4n) is 1.70. The third kappa shape index (κ3) is 2.59.